The zero-order valence-electron chi connectivity index (χ0n) is 15.0. The molecule has 0 unspecified atom stereocenters. The quantitative estimate of drug-likeness (QED) is 0.494. The van der Waals surface area contributed by atoms with Gasteiger partial charge in [0, 0.05) is 29.1 Å². The lowest BCUT2D eigenvalue weighted by Crippen LogP contribution is -2.25. The van der Waals surface area contributed by atoms with Gasteiger partial charge in [-0.05, 0) is 37.1 Å². The maximum absolute atomic E-state index is 6.05. The third-order valence-corrected chi connectivity index (χ3v) is 5.51. The highest BCUT2D eigenvalue weighted by atomic mass is 35.5. The fourth-order valence-electron chi connectivity index (χ4n) is 3.87. The summed E-state index contributed by atoms with van der Waals surface area (Å²) in [5.74, 6) is 1.04. The van der Waals surface area contributed by atoms with E-state index in [2.05, 4.69) is 33.4 Å². The summed E-state index contributed by atoms with van der Waals surface area (Å²) >= 11 is 6.05. The molecule has 0 spiro atoms. The third-order valence-electron chi connectivity index (χ3n) is 5.25. The van der Waals surface area contributed by atoms with Gasteiger partial charge in [-0.25, -0.2) is 4.98 Å². The van der Waals surface area contributed by atoms with Gasteiger partial charge in [0.25, 0.3) is 0 Å². The van der Waals surface area contributed by atoms with Crippen molar-refractivity contribution in [2.24, 2.45) is 0 Å². The number of aromatic nitrogens is 4. The summed E-state index contributed by atoms with van der Waals surface area (Å²) in [5.41, 5.74) is 3.58. The predicted molar refractivity (Wildman–Crippen MR) is 109 cm³/mol. The van der Waals surface area contributed by atoms with Crippen LogP contribution in [0.3, 0.4) is 0 Å². The summed E-state index contributed by atoms with van der Waals surface area (Å²) in [6, 6.07) is 16.0. The van der Waals surface area contributed by atoms with Crippen LogP contribution in [0.4, 0.5) is 5.82 Å². The molecule has 4 aromatic rings. The highest BCUT2D eigenvalue weighted by Crippen LogP contribution is 2.31. The van der Waals surface area contributed by atoms with Crippen LogP contribution in [0.25, 0.3) is 27.8 Å². The van der Waals surface area contributed by atoms with Gasteiger partial charge < -0.3 is 4.90 Å². The van der Waals surface area contributed by atoms with Crippen LogP contribution in [0.1, 0.15) is 25.7 Å². The van der Waals surface area contributed by atoms with E-state index in [0.29, 0.717) is 5.02 Å². The van der Waals surface area contributed by atoms with Crippen LogP contribution in [-0.4, -0.2) is 32.9 Å². The van der Waals surface area contributed by atoms with Crippen LogP contribution in [0.5, 0.6) is 0 Å². The number of halogens is 1. The average molecular weight is 378 g/mol. The van der Waals surface area contributed by atoms with Crippen molar-refractivity contribution in [3.8, 4) is 11.3 Å². The van der Waals surface area contributed by atoms with Crippen LogP contribution in [0, 0.1) is 0 Å². The first-order valence-corrected chi connectivity index (χ1v) is 9.84. The Morgan fingerprint density at radius 3 is 2.37 bits per heavy atom. The summed E-state index contributed by atoms with van der Waals surface area (Å²) < 4.78 is 1.85. The lowest BCUT2D eigenvalue weighted by molar-refractivity contribution is 0.726. The lowest BCUT2D eigenvalue weighted by Gasteiger charge is -2.23. The molecular weight excluding hydrogens is 358 g/mol. The zero-order chi connectivity index (χ0) is 18.2. The van der Waals surface area contributed by atoms with Crippen molar-refractivity contribution in [3.05, 3.63) is 53.6 Å². The zero-order valence-corrected chi connectivity index (χ0v) is 15.7. The molecule has 27 heavy (non-hydrogen) atoms. The van der Waals surface area contributed by atoms with Crippen molar-refractivity contribution < 1.29 is 0 Å². The molecule has 0 N–H and O–H groups in total. The number of benzene rings is 2. The molecule has 2 aromatic heterocycles. The Kier molecular flexibility index (Phi) is 4.17. The maximum atomic E-state index is 6.05. The summed E-state index contributed by atoms with van der Waals surface area (Å²) in [6.07, 6.45) is 5.01. The van der Waals surface area contributed by atoms with Gasteiger partial charge in [0.1, 0.15) is 11.5 Å². The molecule has 5 rings (SSSR count). The van der Waals surface area contributed by atoms with E-state index < -0.39 is 0 Å². The molecule has 1 aliphatic heterocycles. The van der Waals surface area contributed by atoms with Crippen LogP contribution < -0.4 is 4.90 Å². The Balaban J connectivity index is 1.75. The number of anilines is 1. The van der Waals surface area contributed by atoms with Crippen LogP contribution in [0.15, 0.2) is 48.5 Å². The van der Waals surface area contributed by atoms with Crippen LogP contribution >= 0.6 is 11.6 Å². The lowest BCUT2D eigenvalue weighted by atomic mass is 10.1. The molecule has 0 bridgehead atoms. The van der Waals surface area contributed by atoms with E-state index in [4.69, 9.17) is 16.6 Å². The van der Waals surface area contributed by atoms with Gasteiger partial charge in [-0.2, -0.15) is 4.52 Å². The molecule has 1 fully saturated rings. The van der Waals surface area contributed by atoms with Gasteiger partial charge >= 0.3 is 0 Å². The minimum Gasteiger partial charge on any atom is -0.356 e. The summed E-state index contributed by atoms with van der Waals surface area (Å²) in [4.78, 5) is 7.48. The van der Waals surface area contributed by atoms with Gasteiger partial charge in [0.05, 0.1) is 5.52 Å². The Bertz CT molecular complexity index is 1090. The van der Waals surface area contributed by atoms with Crippen LogP contribution in [-0.2, 0) is 0 Å². The Morgan fingerprint density at radius 1 is 0.852 bits per heavy atom. The molecule has 0 radical (unpaired) electrons. The van der Waals surface area contributed by atoms with E-state index in [1.54, 1.807) is 0 Å². The second-order valence-electron chi connectivity index (χ2n) is 7.03. The van der Waals surface area contributed by atoms with Crippen molar-refractivity contribution in [1.82, 2.24) is 19.8 Å². The molecule has 0 aliphatic carbocycles. The molecular formula is C21H20ClN5. The average Bonchev–Trinajstić information content (AvgIpc) is 2.94. The number of hydrogen-bond donors (Lipinski definition) is 0. The highest BCUT2D eigenvalue weighted by molar-refractivity contribution is 6.30. The number of hydrogen-bond acceptors (Lipinski definition) is 4. The molecule has 0 amide bonds. The fraction of sp³-hybridized carbons (Fsp3) is 0.286. The molecule has 136 valence electrons. The topological polar surface area (TPSA) is 46.3 Å². The van der Waals surface area contributed by atoms with E-state index in [1.807, 2.05) is 34.8 Å². The highest BCUT2D eigenvalue weighted by Gasteiger charge is 2.19. The number of fused-ring (bicyclic) bond motifs is 3. The normalized spacial score (nSPS) is 15.4. The molecule has 0 saturated carbocycles. The van der Waals surface area contributed by atoms with Gasteiger partial charge in [0.2, 0.25) is 0 Å². The van der Waals surface area contributed by atoms with Crippen molar-refractivity contribution >= 4 is 34.0 Å². The maximum Gasteiger partial charge on any atom is 0.186 e. The van der Waals surface area contributed by atoms with Crippen molar-refractivity contribution in [2.75, 3.05) is 18.0 Å². The first-order chi connectivity index (χ1) is 13.3. The number of para-hydroxylation sites is 1. The first kappa shape index (κ1) is 16.5. The largest absolute Gasteiger partial charge is 0.356 e. The van der Waals surface area contributed by atoms with Crippen molar-refractivity contribution in [1.29, 1.82) is 0 Å². The van der Waals surface area contributed by atoms with Gasteiger partial charge in [-0.1, -0.05) is 53.9 Å². The summed E-state index contributed by atoms with van der Waals surface area (Å²) in [7, 11) is 0. The molecule has 1 aliphatic rings. The minimum atomic E-state index is 0.707. The standard InChI is InChI=1S/C21H20ClN5/c22-16-11-9-15(10-12-16)19-21-23-20(26-13-5-1-2-6-14-26)17-7-3-4-8-18(17)27(21)25-24-19/h3-4,7-12H,1-2,5-6,13-14H2. The van der Waals surface area contributed by atoms with Gasteiger partial charge in [-0.15, -0.1) is 5.10 Å². The fourth-order valence-corrected chi connectivity index (χ4v) is 3.99. The molecule has 3 heterocycles. The molecule has 5 nitrogen and oxygen atoms in total. The second-order valence-corrected chi connectivity index (χ2v) is 7.47. The monoisotopic (exact) mass is 377 g/mol. The SMILES string of the molecule is Clc1ccc(-c2nnn3c2nc(N2CCCCCC2)c2ccccc23)cc1. The second kappa shape index (κ2) is 6.82. The van der Waals surface area contributed by atoms with E-state index in [0.717, 1.165) is 46.7 Å². The Labute approximate surface area is 162 Å². The molecule has 0 atom stereocenters. The van der Waals surface area contributed by atoms with E-state index in [9.17, 15) is 0 Å². The van der Waals surface area contributed by atoms with E-state index in [1.165, 1.54) is 25.7 Å². The van der Waals surface area contributed by atoms with E-state index in [-0.39, 0.29) is 0 Å². The third kappa shape index (κ3) is 2.92. The Hall–Kier alpha value is -2.66. The molecule has 1 saturated heterocycles. The predicted octanol–water partition coefficient (Wildman–Crippen LogP) is 4.98. The van der Waals surface area contributed by atoms with Crippen molar-refractivity contribution in [2.45, 2.75) is 25.7 Å². The van der Waals surface area contributed by atoms with Gasteiger partial charge in [0.15, 0.2) is 5.65 Å². The molecule has 2 aromatic carbocycles. The smallest absolute Gasteiger partial charge is 0.186 e. The van der Waals surface area contributed by atoms with Crippen molar-refractivity contribution in [3.63, 3.8) is 0 Å². The minimum absolute atomic E-state index is 0.707. The Morgan fingerprint density at radius 2 is 1.59 bits per heavy atom. The van der Waals surface area contributed by atoms with Crippen LogP contribution in [0.2, 0.25) is 5.02 Å². The first-order valence-electron chi connectivity index (χ1n) is 9.46. The van der Waals surface area contributed by atoms with E-state index >= 15 is 0 Å². The van der Waals surface area contributed by atoms with Gasteiger partial charge in [-0.3, -0.25) is 0 Å². The summed E-state index contributed by atoms with van der Waals surface area (Å²) in [5, 5.41) is 10.7. The molecule has 6 heteroatoms. The number of nitrogens with zero attached hydrogens (tertiary/aromatic N) is 5. The number of rotatable bonds is 2. The summed E-state index contributed by atoms with van der Waals surface area (Å²) in [6.45, 7) is 2.09.